The van der Waals surface area contributed by atoms with Crippen molar-refractivity contribution >= 4 is 17.7 Å². The molecule has 1 rings (SSSR count). The Balaban J connectivity index is 2.73. The van der Waals surface area contributed by atoms with Crippen LogP contribution in [0.3, 0.4) is 0 Å². The molecular weight excluding hydrogens is 236 g/mol. The SMILES string of the molecule is CCN1CCN(CC(C)(C)C(=O)NN)C(=O)C1=O. The number of rotatable bonds is 4. The molecule has 0 aromatic heterocycles. The summed E-state index contributed by atoms with van der Waals surface area (Å²) in [4.78, 5) is 38.0. The van der Waals surface area contributed by atoms with E-state index >= 15 is 0 Å². The number of hydrazine groups is 1. The highest BCUT2D eigenvalue weighted by molar-refractivity contribution is 6.35. The van der Waals surface area contributed by atoms with Gasteiger partial charge in [0.2, 0.25) is 5.91 Å². The second kappa shape index (κ2) is 5.34. The first-order valence-corrected chi connectivity index (χ1v) is 5.92. The van der Waals surface area contributed by atoms with Gasteiger partial charge in [0.1, 0.15) is 0 Å². The topological polar surface area (TPSA) is 95.7 Å². The molecule has 0 saturated carbocycles. The Morgan fingerprint density at radius 3 is 2.28 bits per heavy atom. The van der Waals surface area contributed by atoms with Crippen LogP contribution in [-0.4, -0.2) is 53.7 Å². The van der Waals surface area contributed by atoms with Crippen LogP contribution in [-0.2, 0) is 14.4 Å². The van der Waals surface area contributed by atoms with Gasteiger partial charge in [-0.15, -0.1) is 0 Å². The maximum Gasteiger partial charge on any atom is 0.312 e. The zero-order chi connectivity index (χ0) is 13.9. The van der Waals surface area contributed by atoms with E-state index in [1.165, 1.54) is 9.80 Å². The lowest BCUT2D eigenvalue weighted by Crippen LogP contribution is -2.57. The summed E-state index contributed by atoms with van der Waals surface area (Å²) in [7, 11) is 0. The number of hydrogen-bond acceptors (Lipinski definition) is 4. The van der Waals surface area contributed by atoms with Crippen molar-refractivity contribution < 1.29 is 14.4 Å². The van der Waals surface area contributed by atoms with E-state index in [0.29, 0.717) is 19.6 Å². The molecule has 7 nitrogen and oxygen atoms in total. The van der Waals surface area contributed by atoms with Gasteiger partial charge in [-0.1, -0.05) is 0 Å². The van der Waals surface area contributed by atoms with Crippen LogP contribution >= 0.6 is 0 Å². The molecule has 0 radical (unpaired) electrons. The highest BCUT2D eigenvalue weighted by atomic mass is 16.2. The van der Waals surface area contributed by atoms with Crippen LogP contribution in [0.1, 0.15) is 20.8 Å². The zero-order valence-electron chi connectivity index (χ0n) is 11.0. The van der Waals surface area contributed by atoms with Crippen molar-refractivity contribution in [1.29, 1.82) is 0 Å². The molecule has 0 spiro atoms. The van der Waals surface area contributed by atoms with E-state index in [1.807, 2.05) is 6.92 Å². The molecule has 3 N–H and O–H groups in total. The molecular formula is C11H20N4O3. The fraction of sp³-hybridized carbons (Fsp3) is 0.727. The smallest absolute Gasteiger partial charge is 0.312 e. The Hall–Kier alpha value is -1.63. The molecule has 1 saturated heterocycles. The number of hydrogen-bond donors (Lipinski definition) is 2. The summed E-state index contributed by atoms with van der Waals surface area (Å²) in [6, 6.07) is 0. The number of carbonyl (C=O) groups is 3. The minimum absolute atomic E-state index is 0.179. The molecule has 1 aliphatic heterocycles. The van der Waals surface area contributed by atoms with Gasteiger partial charge in [0.15, 0.2) is 0 Å². The van der Waals surface area contributed by atoms with Crippen molar-refractivity contribution in [2.45, 2.75) is 20.8 Å². The van der Waals surface area contributed by atoms with Gasteiger partial charge in [-0.25, -0.2) is 5.84 Å². The van der Waals surface area contributed by atoms with Crippen LogP contribution in [0.15, 0.2) is 0 Å². The third kappa shape index (κ3) is 2.79. The maximum absolute atomic E-state index is 11.9. The van der Waals surface area contributed by atoms with Gasteiger partial charge in [-0.3, -0.25) is 19.8 Å². The van der Waals surface area contributed by atoms with Gasteiger partial charge < -0.3 is 9.80 Å². The number of nitrogens with two attached hydrogens (primary N) is 1. The molecule has 0 aromatic carbocycles. The molecule has 0 bridgehead atoms. The first-order valence-electron chi connectivity index (χ1n) is 5.92. The number of nitrogens with one attached hydrogen (secondary N) is 1. The standard InChI is InChI=1S/C11H20N4O3/c1-4-14-5-6-15(9(17)8(14)16)7-11(2,3)10(18)13-12/h4-7,12H2,1-3H3,(H,13,18). The number of piperazine rings is 1. The lowest BCUT2D eigenvalue weighted by molar-refractivity contribution is -0.157. The Labute approximate surface area is 106 Å². The maximum atomic E-state index is 11.9. The predicted octanol–water partition coefficient (Wildman–Crippen LogP) is -1.31. The Morgan fingerprint density at radius 1 is 1.28 bits per heavy atom. The Bertz CT molecular complexity index is 367. The highest BCUT2D eigenvalue weighted by Gasteiger charge is 2.37. The summed E-state index contributed by atoms with van der Waals surface area (Å²) in [5.41, 5.74) is 1.25. The van der Waals surface area contributed by atoms with Crippen LogP contribution in [0.5, 0.6) is 0 Å². The van der Waals surface area contributed by atoms with Crippen molar-refractivity contribution in [3.63, 3.8) is 0 Å². The van der Waals surface area contributed by atoms with Crippen LogP contribution in [0.25, 0.3) is 0 Å². The third-order valence-electron chi connectivity index (χ3n) is 3.11. The first kappa shape index (κ1) is 14.4. The summed E-state index contributed by atoms with van der Waals surface area (Å²) >= 11 is 0. The quantitative estimate of drug-likeness (QED) is 0.283. The van der Waals surface area contributed by atoms with E-state index < -0.39 is 17.2 Å². The van der Waals surface area contributed by atoms with Crippen molar-refractivity contribution in [1.82, 2.24) is 15.2 Å². The number of likely N-dealkylation sites (N-methyl/N-ethyl adjacent to an activating group) is 1. The molecule has 0 aromatic rings. The third-order valence-corrected chi connectivity index (χ3v) is 3.11. The number of nitrogens with zero attached hydrogens (tertiary/aromatic N) is 2. The summed E-state index contributed by atoms with van der Waals surface area (Å²) < 4.78 is 0. The fourth-order valence-corrected chi connectivity index (χ4v) is 1.91. The molecule has 18 heavy (non-hydrogen) atoms. The van der Waals surface area contributed by atoms with E-state index in [-0.39, 0.29) is 12.5 Å². The molecule has 0 aliphatic carbocycles. The van der Waals surface area contributed by atoms with E-state index in [9.17, 15) is 14.4 Å². The predicted molar refractivity (Wildman–Crippen MR) is 64.9 cm³/mol. The van der Waals surface area contributed by atoms with E-state index in [1.54, 1.807) is 13.8 Å². The second-order valence-electron chi connectivity index (χ2n) is 4.97. The van der Waals surface area contributed by atoms with Crippen LogP contribution in [0.4, 0.5) is 0 Å². The molecule has 102 valence electrons. The summed E-state index contributed by atoms with van der Waals surface area (Å²) in [5.74, 6) is 3.67. The van der Waals surface area contributed by atoms with Gasteiger partial charge in [0.05, 0.1) is 5.41 Å². The van der Waals surface area contributed by atoms with Crippen LogP contribution in [0, 0.1) is 5.41 Å². The largest absolute Gasteiger partial charge is 0.333 e. The summed E-state index contributed by atoms with van der Waals surface area (Å²) in [6.45, 7) is 6.83. The van der Waals surface area contributed by atoms with E-state index in [0.717, 1.165) is 0 Å². The van der Waals surface area contributed by atoms with Gasteiger partial charge in [0, 0.05) is 26.2 Å². The van der Waals surface area contributed by atoms with Crippen molar-refractivity contribution in [2.75, 3.05) is 26.2 Å². The van der Waals surface area contributed by atoms with Gasteiger partial charge >= 0.3 is 11.8 Å². The number of carbonyl (C=O) groups excluding carboxylic acids is 3. The Morgan fingerprint density at radius 2 is 1.78 bits per heavy atom. The molecule has 1 aliphatic rings. The summed E-state index contributed by atoms with van der Waals surface area (Å²) in [5, 5.41) is 0. The van der Waals surface area contributed by atoms with Crippen molar-refractivity contribution in [3.8, 4) is 0 Å². The zero-order valence-corrected chi connectivity index (χ0v) is 11.0. The summed E-state index contributed by atoms with van der Waals surface area (Å²) in [6.07, 6.45) is 0. The molecule has 1 heterocycles. The van der Waals surface area contributed by atoms with Gasteiger partial charge in [-0.2, -0.15) is 0 Å². The second-order valence-corrected chi connectivity index (χ2v) is 4.97. The van der Waals surface area contributed by atoms with E-state index in [4.69, 9.17) is 5.84 Å². The molecule has 0 atom stereocenters. The highest BCUT2D eigenvalue weighted by Crippen LogP contribution is 2.18. The normalized spacial score (nSPS) is 17.1. The molecule has 0 unspecified atom stereocenters. The first-order chi connectivity index (χ1) is 8.33. The molecule has 3 amide bonds. The van der Waals surface area contributed by atoms with Crippen LogP contribution in [0.2, 0.25) is 0 Å². The van der Waals surface area contributed by atoms with Crippen LogP contribution < -0.4 is 11.3 Å². The monoisotopic (exact) mass is 256 g/mol. The molecule has 7 heteroatoms. The lowest BCUT2D eigenvalue weighted by Gasteiger charge is -2.36. The lowest BCUT2D eigenvalue weighted by atomic mass is 9.91. The molecule has 1 fully saturated rings. The number of amides is 3. The van der Waals surface area contributed by atoms with E-state index in [2.05, 4.69) is 5.43 Å². The van der Waals surface area contributed by atoms with Gasteiger partial charge in [0.25, 0.3) is 0 Å². The fourth-order valence-electron chi connectivity index (χ4n) is 1.91. The average Bonchev–Trinajstić information content (AvgIpc) is 2.34. The minimum Gasteiger partial charge on any atom is -0.333 e. The van der Waals surface area contributed by atoms with Crippen molar-refractivity contribution in [2.24, 2.45) is 11.3 Å². The van der Waals surface area contributed by atoms with Crippen molar-refractivity contribution in [3.05, 3.63) is 0 Å². The Kier molecular flexibility index (Phi) is 4.28. The minimum atomic E-state index is -0.820. The average molecular weight is 256 g/mol. The van der Waals surface area contributed by atoms with Gasteiger partial charge in [-0.05, 0) is 20.8 Å².